The predicted molar refractivity (Wildman–Crippen MR) is 66.5 cm³/mol. The minimum Gasteiger partial charge on any atom is -0.390 e. The third-order valence-corrected chi connectivity index (χ3v) is 4.62. The Morgan fingerprint density at radius 2 is 2.12 bits per heavy atom. The molecular formula is C10H18N4OS. The number of hydrogen-bond acceptors (Lipinski definition) is 6. The number of thioether (sulfide) groups is 1. The van der Waals surface area contributed by atoms with E-state index >= 15 is 0 Å². The monoisotopic (exact) mass is 242 g/mol. The number of nitrogens with one attached hydrogen (secondary N) is 1. The summed E-state index contributed by atoms with van der Waals surface area (Å²) in [5.74, 6) is 0. The fraction of sp³-hybridized carbons (Fsp3) is 0.800. The first kappa shape index (κ1) is 11.6. The molecule has 0 saturated heterocycles. The molecule has 0 atom stereocenters. The number of rotatable bonds is 4. The van der Waals surface area contributed by atoms with Gasteiger partial charge in [-0.25, -0.2) is 0 Å². The minimum absolute atomic E-state index is 0.115. The second kappa shape index (κ2) is 4.95. The average molecular weight is 242 g/mol. The molecule has 0 unspecified atom stereocenters. The zero-order valence-electron chi connectivity index (χ0n) is 9.53. The van der Waals surface area contributed by atoms with Gasteiger partial charge in [-0.2, -0.15) is 11.8 Å². The first-order valence-electron chi connectivity index (χ1n) is 5.62. The lowest BCUT2D eigenvalue weighted by Gasteiger charge is -2.35. The van der Waals surface area contributed by atoms with Crippen LogP contribution in [0, 0.1) is 0 Å². The SMILES string of the molecule is CSC1(CNc2nnc(N)o2)CCCCC1. The van der Waals surface area contributed by atoms with Crippen molar-refractivity contribution in [2.45, 2.75) is 36.9 Å². The summed E-state index contributed by atoms with van der Waals surface area (Å²) in [4.78, 5) is 0. The van der Waals surface area contributed by atoms with Crippen LogP contribution in [-0.2, 0) is 0 Å². The maximum Gasteiger partial charge on any atom is 0.316 e. The molecule has 2 rings (SSSR count). The topological polar surface area (TPSA) is 77.0 Å². The van der Waals surface area contributed by atoms with E-state index in [0.717, 1.165) is 6.54 Å². The van der Waals surface area contributed by atoms with Crippen LogP contribution in [0.1, 0.15) is 32.1 Å². The molecule has 0 amide bonds. The van der Waals surface area contributed by atoms with E-state index in [4.69, 9.17) is 10.2 Å². The molecule has 1 fully saturated rings. The highest BCUT2D eigenvalue weighted by Crippen LogP contribution is 2.38. The molecule has 1 aliphatic rings. The smallest absolute Gasteiger partial charge is 0.316 e. The Bertz CT molecular complexity index is 335. The molecule has 0 bridgehead atoms. The molecule has 0 radical (unpaired) electrons. The number of aromatic nitrogens is 2. The third kappa shape index (κ3) is 2.61. The van der Waals surface area contributed by atoms with Crippen molar-refractivity contribution < 1.29 is 4.42 Å². The van der Waals surface area contributed by atoms with E-state index < -0.39 is 0 Å². The number of nitrogens with zero attached hydrogens (tertiary/aromatic N) is 2. The van der Waals surface area contributed by atoms with Gasteiger partial charge in [0.25, 0.3) is 0 Å². The average Bonchev–Trinajstić information content (AvgIpc) is 2.74. The maximum absolute atomic E-state index is 5.37. The van der Waals surface area contributed by atoms with Gasteiger partial charge < -0.3 is 15.5 Å². The standard InChI is InChI=1S/C10H18N4OS/c1-16-10(5-3-2-4-6-10)7-12-9-14-13-8(11)15-9/h2-7H2,1H3,(H2,11,13)(H,12,14). The van der Waals surface area contributed by atoms with Crippen molar-refractivity contribution in [2.24, 2.45) is 0 Å². The van der Waals surface area contributed by atoms with E-state index in [1.165, 1.54) is 32.1 Å². The highest BCUT2D eigenvalue weighted by Gasteiger charge is 2.31. The van der Waals surface area contributed by atoms with Crippen molar-refractivity contribution in [2.75, 3.05) is 23.9 Å². The highest BCUT2D eigenvalue weighted by molar-refractivity contribution is 8.00. The van der Waals surface area contributed by atoms with Crippen LogP contribution in [0.4, 0.5) is 12.0 Å². The van der Waals surface area contributed by atoms with Crippen molar-refractivity contribution in [3.63, 3.8) is 0 Å². The van der Waals surface area contributed by atoms with Gasteiger partial charge in [-0.1, -0.05) is 29.5 Å². The summed E-state index contributed by atoms with van der Waals surface area (Å²) in [6.07, 6.45) is 8.67. The molecule has 1 aromatic heterocycles. The molecule has 1 aliphatic carbocycles. The van der Waals surface area contributed by atoms with Crippen LogP contribution >= 0.6 is 11.8 Å². The van der Waals surface area contributed by atoms with Crippen LogP contribution in [0.5, 0.6) is 0 Å². The summed E-state index contributed by atoms with van der Waals surface area (Å²) in [6.45, 7) is 0.871. The summed E-state index contributed by atoms with van der Waals surface area (Å²) in [5, 5.41) is 10.6. The van der Waals surface area contributed by atoms with Crippen LogP contribution in [-0.4, -0.2) is 27.7 Å². The van der Waals surface area contributed by atoms with Gasteiger partial charge in [-0.15, -0.1) is 0 Å². The number of nitrogen functional groups attached to an aromatic ring is 1. The van der Waals surface area contributed by atoms with E-state index in [2.05, 4.69) is 21.8 Å². The molecule has 0 spiro atoms. The molecule has 5 nitrogen and oxygen atoms in total. The van der Waals surface area contributed by atoms with Crippen molar-refractivity contribution in [1.82, 2.24) is 10.2 Å². The molecular weight excluding hydrogens is 224 g/mol. The normalized spacial score (nSPS) is 19.6. The Labute approximate surface area is 99.6 Å². The van der Waals surface area contributed by atoms with E-state index in [0.29, 0.717) is 10.8 Å². The van der Waals surface area contributed by atoms with Crippen molar-refractivity contribution in [1.29, 1.82) is 0 Å². The number of anilines is 2. The second-order valence-electron chi connectivity index (χ2n) is 4.25. The molecule has 90 valence electrons. The second-order valence-corrected chi connectivity index (χ2v) is 5.52. The van der Waals surface area contributed by atoms with Crippen molar-refractivity contribution in [3.8, 4) is 0 Å². The van der Waals surface area contributed by atoms with Gasteiger partial charge in [0.1, 0.15) is 0 Å². The van der Waals surface area contributed by atoms with Crippen molar-refractivity contribution >= 4 is 23.8 Å². The summed E-state index contributed by atoms with van der Waals surface area (Å²) in [7, 11) is 0. The molecule has 3 N–H and O–H groups in total. The van der Waals surface area contributed by atoms with Gasteiger partial charge in [0.2, 0.25) is 0 Å². The van der Waals surface area contributed by atoms with Crippen LogP contribution < -0.4 is 11.1 Å². The lowest BCUT2D eigenvalue weighted by Crippen LogP contribution is -2.35. The molecule has 1 saturated carbocycles. The Balaban J connectivity index is 1.91. The van der Waals surface area contributed by atoms with Crippen LogP contribution in [0.3, 0.4) is 0 Å². The molecule has 1 heterocycles. The van der Waals surface area contributed by atoms with Gasteiger partial charge in [0.05, 0.1) is 0 Å². The zero-order valence-corrected chi connectivity index (χ0v) is 10.3. The fourth-order valence-electron chi connectivity index (χ4n) is 2.19. The molecule has 6 heteroatoms. The van der Waals surface area contributed by atoms with E-state index in [1.54, 1.807) is 0 Å². The number of nitrogens with two attached hydrogens (primary N) is 1. The summed E-state index contributed by atoms with van der Waals surface area (Å²) in [6, 6.07) is 0.542. The highest BCUT2D eigenvalue weighted by atomic mass is 32.2. The third-order valence-electron chi connectivity index (χ3n) is 3.20. The summed E-state index contributed by atoms with van der Waals surface area (Å²) >= 11 is 1.94. The fourth-order valence-corrected chi connectivity index (χ4v) is 3.11. The van der Waals surface area contributed by atoms with Crippen LogP contribution in [0.25, 0.3) is 0 Å². The van der Waals surface area contributed by atoms with Crippen molar-refractivity contribution in [3.05, 3.63) is 0 Å². The molecule has 0 aromatic carbocycles. The quantitative estimate of drug-likeness (QED) is 0.842. The Morgan fingerprint density at radius 3 is 2.69 bits per heavy atom. The van der Waals surface area contributed by atoms with E-state index in [9.17, 15) is 0 Å². The van der Waals surface area contributed by atoms with Gasteiger partial charge in [0.15, 0.2) is 0 Å². The first-order chi connectivity index (χ1) is 7.74. The molecule has 0 aliphatic heterocycles. The van der Waals surface area contributed by atoms with Gasteiger partial charge in [0, 0.05) is 11.3 Å². The van der Waals surface area contributed by atoms with E-state index in [1.807, 2.05) is 11.8 Å². The zero-order chi connectivity index (χ0) is 11.4. The molecule has 16 heavy (non-hydrogen) atoms. The largest absolute Gasteiger partial charge is 0.390 e. The Hall–Kier alpha value is -0.910. The lowest BCUT2D eigenvalue weighted by atomic mass is 9.88. The predicted octanol–water partition coefficient (Wildman–Crippen LogP) is 2.13. The summed E-state index contributed by atoms with van der Waals surface area (Å²) in [5.41, 5.74) is 5.37. The van der Waals surface area contributed by atoms with Crippen LogP contribution in [0.15, 0.2) is 4.42 Å². The Kier molecular flexibility index (Phi) is 3.58. The summed E-state index contributed by atoms with van der Waals surface area (Å²) < 4.78 is 5.42. The molecule has 1 aromatic rings. The van der Waals surface area contributed by atoms with Gasteiger partial charge in [-0.3, -0.25) is 0 Å². The van der Waals surface area contributed by atoms with Gasteiger partial charge >= 0.3 is 12.0 Å². The van der Waals surface area contributed by atoms with Gasteiger partial charge in [-0.05, 0) is 19.1 Å². The lowest BCUT2D eigenvalue weighted by molar-refractivity contribution is 0.408. The first-order valence-corrected chi connectivity index (χ1v) is 6.85. The van der Waals surface area contributed by atoms with E-state index in [-0.39, 0.29) is 6.01 Å². The minimum atomic E-state index is 0.115. The Morgan fingerprint density at radius 1 is 1.38 bits per heavy atom. The van der Waals surface area contributed by atoms with Crippen LogP contribution in [0.2, 0.25) is 0 Å². The maximum atomic E-state index is 5.37. The number of hydrogen-bond donors (Lipinski definition) is 2.